The van der Waals surface area contributed by atoms with E-state index in [0.29, 0.717) is 11.3 Å². The summed E-state index contributed by atoms with van der Waals surface area (Å²) in [7, 11) is -1.88. The van der Waals surface area contributed by atoms with Crippen molar-refractivity contribution in [1.29, 1.82) is 0 Å². The standard InChI is InChI=1S/C15H27N3O2Si/c1-12-13(14(19)17-9-7-6-8-10-17)11-18(16-12)15(2,20)21(3,4)5/h11,20H,6-10H2,1-5H3. The average molecular weight is 309 g/mol. The van der Waals surface area contributed by atoms with Crippen molar-refractivity contribution >= 4 is 14.0 Å². The van der Waals surface area contributed by atoms with Gasteiger partial charge in [0, 0.05) is 19.3 Å². The van der Waals surface area contributed by atoms with Crippen LogP contribution in [0.2, 0.25) is 19.6 Å². The zero-order valence-electron chi connectivity index (χ0n) is 13.8. The molecule has 1 saturated heterocycles. The number of carbonyl (C=O) groups excluding carboxylic acids is 1. The van der Waals surface area contributed by atoms with Crippen LogP contribution in [0.5, 0.6) is 0 Å². The molecule has 2 heterocycles. The van der Waals surface area contributed by atoms with Crippen molar-refractivity contribution in [3.8, 4) is 0 Å². The summed E-state index contributed by atoms with van der Waals surface area (Å²) < 4.78 is 1.59. The molecule has 21 heavy (non-hydrogen) atoms. The monoisotopic (exact) mass is 309 g/mol. The Labute approximate surface area is 128 Å². The van der Waals surface area contributed by atoms with Crippen molar-refractivity contribution in [2.45, 2.75) is 58.1 Å². The predicted octanol–water partition coefficient (Wildman–Crippen LogP) is 2.36. The SMILES string of the molecule is Cc1nn(C(C)(O)[Si](C)(C)C)cc1C(=O)N1CCCCC1. The molecule has 1 amide bonds. The first kappa shape index (κ1) is 16.2. The third kappa shape index (κ3) is 3.06. The fraction of sp³-hybridized carbons (Fsp3) is 0.733. The molecule has 1 aromatic heterocycles. The fourth-order valence-electron chi connectivity index (χ4n) is 2.50. The lowest BCUT2D eigenvalue weighted by molar-refractivity contribution is 0.0456. The number of aromatic nitrogens is 2. The van der Waals surface area contributed by atoms with E-state index in [9.17, 15) is 9.90 Å². The molecule has 0 spiro atoms. The molecule has 1 aromatic rings. The van der Waals surface area contributed by atoms with Crippen LogP contribution in [-0.2, 0) is 5.35 Å². The van der Waals surface area contributed by atoms with E-state index >= 15 is 0 Å². The van der Waals surface area contributed by atoms with Gasteiger partial charge in [-0.15, -0.1) is 0 Å². The van der Waals surface area contributed by atoms with E-state index in [1.54, 1.807) is 17.8 Å². The molecule has 5 nitrogen and oxygen atoms in total. The first-order chi connectivity index (χ1) is 9.64. The zero-order valence-corrected chi connectivity index (χ0v) is 14.8. The number of nitrogens with zero attached hydrogens (tertiary/aromatic N) is 3. The fourth-order valence-corrected chi connectivity index (χ4v) is 3.31. The maximum absolute atomic E-state index is 12.6. The van der Waals surface area contributed by atoms with Crippen LogP contribution in [0.15, 0.2) is 6.20 Å². The van der Waals surface area contributed by atoms with Gasteiger partial charge in [-0.25, -0.2) is 4.68 Å². The highest BCUT2D eigenvalue weighted by Crippen LogP contribution is 2.26. The third-order valence-corrected chi connectivity index (χ3v) is 7.71. The van der Waals surface area contributed by atoms with Gasteiger partial charge in [-0.3, -0.25) is 4.79 Å². The summed E-state index contributed by atoms with van der Waals surface area (Å²) in [5.74, 6) is 0.0461. The number of carbonyl (C=O) groups is 1. The number of hydrogen-bond acceptors (Lipinski definition) is 3. The van der Waals surface area contributed by atoms with Gasteiger partial charge in [-0.2, -0.15) is 5.10 Å². The van der Waals surface area contributed by atoms with E-state index in [-0.39, 0.29) is 5.91 Å². The predicted molar refractivity (Wildman–Crippen MR) is 85.9 cm³/mol. The molecule has 0 aromatic carbocycles. The highest BCUT2D eigenvalue weighted by Gasteiger charge is 2.40. The molecule has 1 N–H and O–H groups in total. The number of likely N-dealkylation sites (tertiary alicyclic amines) is 1. The summed E-state index contributed by atoms with van der Waals surface area (Å²) >= 11 is 0. The van der Waals surface area contributed by atoms with E-state index in [1.165, 1.54) is 6.42 Å². The second-order valence-corrected chi connectivity index (χ2v) is 12.6. The minimum atomic E-state index is -1.88. The van der Waals surface area contributed by atoms with Crippen molar-refractivity contribution in [3.63, 3.8) is 0 Å². The van der Waals surface area contributed by atoms with Crippen molar-refractivity contribution < 1.29 is 9.90 Å². The molecule has 0 bridgehead atoms. The molecule has 1 aliphatic heterocycles. The van der Waals surface area contributed by atoms with Gasteiger partial charge in [0.05, 0.1) is 11.3 Å². The molecule has 0 aliphatic carbocycles. The molecule has 6 heteroatoms. The Morgan fingerprint density at radius 2 is 1.86 bits per heavy atom. The Balaban J connectivity index is 2.29. The van der Waals surface area contributed by atoms with Crippen LogP contribution < -0.4 is 0 Å². The summed E-state index contributed by atoms with van der Waals surface area (Å²) in [5, 5.41) is 14.2. The molecular weight excluding hydrogens is 282 g/mol. The van der Waals surface area contributed by atoms with Crippen molar-refractivity contribution in [2.75, 3.05) is 13.1 Å². The molecule has 0 saturated carbocycles. The van der Waals surface area contributed by atoms with Gasteiger partial charge in [0.15, 0.2) is 0 Å². The van der Waals surface area contributed by atoms with Crippen LogP contribution in [0.3, 0.4) is 0 Å². The number of amides is 1. The molecular formula is C15H27N3O2Si. The first-order valence-electron chi connectivity index (χ1n) is 7.73. The van der Waals surface area contributed by atoms with E-state index in [0.717, 1.165) is 25.9 Å². The Morgan fingerprint density at radius 1 is 1.29 bits per heavy atom. The Kier molecular flexibility index (Phi) is 4.30. The topological polar surface area (TPSA) is 58.4 Å². The lowest BCUT2D eigenvalue weighted by Gasteiger charge is -2.35. The van der Waals surface area contributed by atoms with E-state index in [2.05, 4.69) is 24.7 Å². The summed E-state index contributed by atoms with van der Waals surface area (Å²) in [6.07, 6.45) is 5.08. The van der Waals surface area contributed by atoms with E-state index in [4.69, 9.17) is 0 Å². The Morgan fingerprint density at radius 3 is 2.38 bits per heavy atom. The van der Waals surface area contributed by atoms with Crippen LogP contribution in [0, 0.1) is 6.92 Å². The number of aliphatic hydroxyl groups is 1. The average Bonchev–Trinajstić information content (AvgIpc) is 2.80. The molecule has 0 radical (unpaired) electrons. The molecule has 1 fully saturated rings. The second-order valence-electron chi connectivity index (χ2n) is 7.20. The molecule has 1 atom stereocenters. The zero-order chi connectivity index (χ0) is 15.8. The van der Waals surface area contributed by atoms with Gasteiger partial charge < -0.3 is 10.0 Å². The van der Waals surface area contributed by atoms with E-state index < -0.39 is 13.4 Å². The third-order valence-electron chi connectivity index (χ3n) is 4.64. The van der Waals surface area contributed by atoms with Gasteiger partial charge in [-0.1, -0.05) is 19.6 Å². The number of hydrogen-bond donors (Lipinski definition) is 1. The van der Waals surface area contributed by atoms with Crippen LogP contribution in [0.1, 0.15) is 42.2 Å². The molecule has 2 rings (SSSR count). The minimum absolute atomic E-state index is 0.0461. The summed E-state index contributed by atoms with van der Waals surface area (Å²) in [6.45, 7) is 11.6. The van der Waals surface area contributed by atoms with Crippen LogP contribution >= 0.6 is 0 Å². The van der Waals surface area contributed by atoms with Gasteiger partial charge >= 0.3 is 0 Å². The molecule has 1 unspecified atom stereocenters. The number of aryl methyl sites for hydroxylation is 1. The van der Waals surface area contributed by atoms with E-state index in [1.807, 2.05) is 11.8 Å². The van der Waals surface area contributed by atoms with Crippen molar-refractivity contribution in [3.05, 3.63) is 17.5 Å². The van der Waals surface area contributed by atoms with Crippen molar-refractivity contribution in [2.24, 2.45) is 0 Å². The Bertz CT molecular complexity index is 526. The van der Waals surface area contributed by atoms with Gasteiger partial charge in [0.25, 0.3) is 5.91 Å². The number of piperidine rings is 1. The van der Waals surface area contributed by atoms with Gasteiger partial charge in [-0.05, 0) is 33.1 Å². The minimum Gasteiger partial charge on any atom is -0.373 e. The van der Waals surface area contributed by atoms with Crippen LogP contribution in [0.25, 0.3) is 0 Å². The van der Waals surface area contributed by atoms with Crippen LogP contribution in [-0.4, -0.2) is 46.9 Å². The number of rotatable bonds is 3. The Hall–Kier alpha value is -1.14. The maximum atomic E-state index is 12.6. The summed E-state index contributed by atoms with van der Waals surface area (Å²) in [5.41, 5.74) is 1.32. The lowest BCUT2D eigenvalue weighted by Crippen LogP contribution is -2.52. The van der Waals surface area contributed by atoms with Crippen molar-refractivity contribution in [1.82, 2.24) is 14.7 Å². The van der Waals surface area contributed by atoms with Gasteiger partial charge in [0.1, 0.15) is 13.4 Å². The second kappa shape index (κ2) is 5.57. The molecule has 118 valence electrons. The smallest absolute Gasteiger partial charge is 0.257 e. The quantitative estimate of drug-likeness (QED) is 0.872. The summed E-state index contributed by atoms with van der Waals surface area (Å²) in [6, 6.07) is 0. The molecule has 1 aliphatic rings. The summed E-state index contributed by atoms with van der Waals surface area (Å²) in [4.78, 5) is 14.5. The highest BCUT2D eigenvalue weighted by molar-refractivity contribution is 6.77. The normalized spacial score (nSPS) is 19.4. The first-order valence-corrected chi connectivity index (χ1v) is 11.2. The maximum Gasteiger partial charge on any atom is 0.257 e. The van der Waals surface area contributed by atoms with Gasteiger partial charge in [0.2, 0.25) is 0 Å². The van der Waals surface area contributed by atoms with Crippen LogP contribution in [0.4, 0.5) is 0 Å². The largest absolute Gasteiger partial charge is 0.373 e. The lowest BCUT2D eigenvalue weighted by atomic mass is 10.1. The highest BCUT2D eigenvalue weighted by atomic mass is 28.3.